The molecular weight excluding hydrogens is 178 g/mol. The van der Waals surface area contributed by atoms with Gasteiger partial charge in [0.15, 0.2) is 0 Å². The molecular formula is C11H21NS. The molecule has 1 fully saturated rings. The van der Waals surface area contributed by atoms with E-state index in [2.05, 4.69) is 23.7 Å². The Bertz CT molecular complexity index is 130. The molecule has 1 unspecified atom stereocenters. The molecule has 1 heterocycles. The van der Waals surface area contributed by atoms with Gasteiger partial charge in [0.25, 0.3) is 0 Å². The second-order valence-electron chi connectivity index (χ2n) is 3.62. The summed E-state index contributed by atoms with van der Waals surface area (Å²) in [5, 5.41) is 4.41. The maximum atomic E-state index is 3.72. The van der Waals surface area contributed by atoms with Gasteiger partial charge in [0.1, 0.15) is 0 Å². The first-order chi connectivity index (χ1) is 6.43. The molecule has 0 amide bonds. The van der Waals surface area contributed by atoms with Crippen molar-refractivity contribution in [3.8, 4) is 0 Å². The van der Waals surface area contributed by atoms with Crippen molar-refractivity contribution in [1.82, 2.24) is 5.32 Å². The Hall–Kier alpha value is 0.0500. The van der Waals surface area contributed by atoms with Gasteiger partial charge in [-0.25, -0.2) is 0 Å². The van der Waals surface area contributed by atoms with Crippen molar-refractivity contribution in [3.05, 3.63) is 12.7 Å². The molecule has 0 saturated carbocycles. The molecule has 0 aromatic carbocycles. The molecule has 0 aromatic rings. The van der Waals surface area contributed by atoms with Gasteiger partial charge in [0, 0.05) is 11.8 Å². The Kier molecular flexibility index (Phi) is 6.38. The number of hydrogen-bond acceptors (Lipinski definition) is 2. The topological polar surface area (TPSA) is 12.0 Å². The first kappa shape index (κ1) is 11.1. The molecule has 76 valence electrons. The van der Waals surface area contributed by atoms with Crippen LogP contribution in [0.3, 0.4) is 0 Å². The summed E-state index contributed by atoms with van der Waals surface area (Å²) < 4.78 is 0. The van der Waals surface area contributed by atoms with Crippen LogP contribution < -0.4 is 5.32 Å². The summed E-state index contributed by atoms with van der Waals surface area (Å²) in [6, 6.07) is 0. The molecule has 0 bridgehead atoms. The lowest BCUT2D eigenvalue weighted by atomic mass is 10.2. The number of hydrogen-bond donors (Lipinski definition) is 1. The maximum absolute atomic E-state index is 3.72. The van der Waals surface area contributed by atoms with Gasteiger partial charge in [0.05, 0.1) is 0 Å². The van der Waals surface area contributed by atoms with Gasteiger partial charge in [-0.1, -0.05) is 12.5 Å². The highest BCUT2D eigenvalue weighted by molar-refractivity contribution is 7.99. The molecule has 1 aliphatic rings. The Balaban J connectivity index is 1.89. The van der Waals surface area contributed by atoms with Gasteiger partial charge in [-0.05, 0) is 38.0 Å². The van der Waals surface area contributed by atoms with Crippen molar-refractivity contribution in [2.75, 3.05) is 18.8 Å². The van der Waals surface area contributed by atoms with E-state index >= 15 is 0 Å². The van der Waals surface area contributed by atoms with Crippen molar-refractivity contribution >= 4 is 11.8 Å². The second-order valence-corrected chi connectivity index (χ2v) is 5.03. The quantitative estimate of drug-likeness (QED) is 0.521. The zero-order valence-electron chi connectivity index (χ0n) is 8.43. The lowest BCUT2D eigenvalue weighted by molar-refractivity contribution is 0.588. The molecule has 0 spiro atoms. The lowest BCUT2D eigenvalue weighted by Crippen LogP contribution is -2.27. The molecule has 0 radical (unpaired) electrons. The molecule has 2 heteroatoms. The SMILES string of the molecule is C=CCCCNCC1CCCCS1. The van der Waals surface area contributed by atoms with E-state index in [4.69, 9.17) is 0 Å². The molecule has 1 nitrogen and oxygen atoms in total. The predicted molar refractivity (Wildman–Crippen MR) is 62.4 cm³/mol. The number of thioether (sulfide) groups is 1. The minimum absolute atomic E-state index is 0.887. The van der Waals surface area contributed by atoms with E-state index in [9.17, 15) is 0 Å². The van der Waals surface area contributed by atoms with Crippen LogP contribution in [0.5, 0.6) is 0 Å². The number of nitrogens with one attached hydrogen (secondary N) is 1. The molecule has 1 N–H and O–H groups in total. The fourth-order valence-corrected chi connectivity index (χ4v) is 2.88. The van der Waals surface area contributed by atoms with Crippen LogP contribution >= 0.6 is 11.8 Å². The third-order valence-corrected chi connectivity index (χ3v) is 3.81. The summed E-state index contributed by atoms with van der Waals surface area (Å²) in [6.45, 7) is 6.08. The van der Waals surface area contributed by atoms with Crippen molar-refractivity contribution in [3.63, 3.8) is 0 Å². The van der Waals surface area contributed by atoms with Crippen molar-refractivity contribution < 1.29 is 0 Å². The van der Waals surface area contributed by atoms with Gasteiger partial charge < -0.3 is 5.32 Å². The van der Waals surface area contributed by atoms with Crippen LogP contribution in [0.2, 0.25) is 0 Å². The smallest absolute Gasteiger partial charge is 0.0172 e. The fourth-order valence-electron chi connectivity index (χ4n) is 1.60. The van der Waals surface area contributed by atoms with Crippen LogP contribution in [0.4, 0.5) is 0 Å². The van der Waals surface area contributed by atoms with Gasteiger partial charge in [0.2, 0.25) is 0 Å². The Morgan fingerprint density at radius 3 is 3.08 bits per heavy atom. The van der Waals surface area contributed by atoms with E-state index in [-0.39, 0.29) is 0 Å². The number of rotatable bonds is 6. The monoisotopic (exact) mass is 199 g/mol. The normalized spacial score (nSPS) is 22.9. The summed E-state index contributed by atoms with van der Waals surface area (Å²) in [6.07, 6.45) is 8.66. The largest absolute Gasteiger partial charge is 0.316 e. The van der Waals surface area contributed by atoms with Crippen LogP contribution in [-0.4, -0.2) is 24.1 Å². The summed E-state index contributed by atoms with van der Waals surface area (Å²) in [7, 11) is 0. The minimum atomic E-state index is 0.887. The molecule has 1 rings (SSSR count). The zero-order chi connectivity index (χ0) is 9.36. The molecule has 1 atom stereocenters. The molecule has 1 aliphatic heterocycles. The van der Waals surface area contributed by atoms with Crippen LogP contribution in [0.15, 0.2) is 12.7 Å². The maximum Gasteiger partial charge on any atom is 0.0172 e. The van der Waals surface area contributed by atoms with Gasteiger partial charge in [-0.15, -0.1) is 6.58 Å². The van der Waals surface area contributed by atoms with Gasteiger partial charge >= 0.3 is 0 Å². The van der Waals surface area contributed by atoms with E-state index in [1.54, 1.807) is 0 Å². The number of unbranched alkanes of at least 4 members (excludes halogenated alkanes) is 1. The molecule has 13 heavy (non-hydrogen) atoms. The van der Waals surface area contributed by atoms with Crippen LogP contribution in [0, 0.1) is 0 Å². The highest BCUT2D eigenvalue weighted by Crippen LogP contribution is 2.24. The Morgan fingerprint density at radius 1 is 1.46 bits per heavy atom. The molecule has 0 aliphatic carbocycles. The van der Waals surface area contributed by atoms with Crippen molar-refractivity contribution in [2.24, 2.45) is 0 Å². The van der Waals surface area contributed by atoms with E-state index in [1.807, 2.05) is 6.08 Å². The molecule has 1 saturated heterocycles. The lowest BCUT2D eigenvalue weighted by Gasteiger charge is -2.21. The number of allylic oxidation sites excluding steroid dienone is 1. The summed E-state index contributed by atoms with van der Waals surface area (Å²) in [4.78, 5) is 0. The van der Waals surface area contributed by atoms with E-state index in [0.717, 1.165) is 18.2 Å². The molecule has 0 aromatic heterocycles. The average molecular weight is 199 g/mol. The minimum Gasteiger partial charge on any atom is -0.316 e. The third kappa shape index (κ3) is 5.37. The highest BCUT2D eigenvalue weighted by Gasteiger charge is 2.12. The van der Waals surface area contributed by atoms with Crippen LogP contribution in [0.25, 0.3) is 0 Å². The predicted octanol–water partition coefficient (Wildman–Crippen LogP) is 2.83. The Morgan fingerprint density at radius 2 is 2.38 bits per heavy atom. The van der Waals surface area contributed by atoms with Crippen LogP contribution in [-0.2, 0) is 0 Å². The Labute approximate surface area is 86.4 Å². The first-order valence-electron chi connectivity index (χ1n) is 5.36. The summed E-state index contributed by atoms with van der Waals surface area (Å²) in [5.41, 5.74) is 0. The first-order valence-corrected chi connectivity index (χ1v) is 6.41. The fraction of sp³-hybridized carbons (Fsp3) is 0.818. The highest BCUT2D eigenvalue weighted by atomic mass is 32.2. The van der Waals surface area contributed by atoms with Crippen molar-refractivity contribution in [2.45, 2.75) is 37.4 Å². The zero-order valence-corrected chi connectivity index (χ0v) is 9.24. The van der Waals surface area contributed by atoms with E-state index in [1.165, 1.54) is 38.0 Å². The third-order valence-electron chi connectivity index (χ3n) is 2.41. The second kappa shape index (κ2) is 7.45. The van der Waals surface area contributed by atoms with Crippen molar-refractivity contribution in [1.29, 1.82) is 0 Å². The van der Waals surface area contributed by atoms with E-state index < -0.39 is 0 Å². The standard InChI is InChI=1S/C11H21NS/c1-2-3-5-8-12-10-11-7-4-6-9-13-11/h2,11-12H,1,3-10H2. The average Bonchev–Trinajstić information content (AvgIpc) is 2.19. The summed E-state index contributed by atoms with van der Waals surface area (Å²) >= 11 is 2.14. The van der Waals surface area contributed by atoms with E-state index in [0.29, 0.717) is 0 Å². The van der Waals surface area contributed by atoms with Crippen LogP contribution in [0.1, 0.15) is 32.1 Å². The van der Waals surface area contributed by atoms with Gasteiger partial charge in [-0.2, -0.15) is 11.8 Å². The van der Waals surface area contributed by atoms with Gasteiger partial charge in [-0.3, -0.25) is 0 Å². The summed E-state index contributed by atoms with van der Waals surface area (Å²) in [5.74, 6) is 1.37.